The topological polar surface area (TPSA) is 17.1 Å². The number of fused-ring (bicyclic) bond motifs is 2. The monoisotopic (exact) mass is 318 g/mol. The van der Waals surface area contributed by atoms with E-state index in [1.54, 1.807) is 12.1 Å². The second-order valence-corrected chi connectivity index (χ2v) is 5.42. The molecule has 0 aliphatic carbocycles. The third-order valence-corrected chi connectivity index (χ3v) is 3.81. The van der Waals surface area contributed by atoms with Crippen LogP contribution in [0.2, 0.25) is 5.02 Å². The summed E-state index contributed by atoms with van der Waals surface area (Å²) >= 11 is 9.54. The lowest BCUT2D eigenvalue weighted by atomic mass is 10.1. The molecule has 18 heavy (non-hydrogen) atoms. The lowest BCUT2D eigenvalue weighted by Crippen LogP contribution is -1.98. The summed E-state index contributed by atoms with van der Waals surface area (Å²) in [7, 11) is 0. The van der Waals surface area contributed by atoms with Gasteiger partial charge in [0.2, 0.25) is 0 Å². The van der Waals surface area contributed by atoms with Crippen LogP contribution >= 0.6 is 27.5 Å². The van der Waals surface area contributed by atoms with Gasteiger partial charge in [0.1, 0.15) is 0 Å². The molecule has 0 amide bonds. The summed E-state index contributed by atoms with van der Waals surface area (Å²) in [6, 6.07) is 14.9. The van der Waals surface area contributed by atoms with Gasteiger partial charge in [0, 0.05) is 25.7 Å². The quantitative estimate of drug-likeness (QED) is 0.583. The van der Waals surface area contributed by atoms with Crippen LogP contribution in [0.25, 0.3) is 21.5 Å². The molecular weight excluding hydrogens is 312 g/mol. The Kier molecular flexibility index (Phi) is 2.84. The Hall–Kier alpha value is -1.38. The molecule has 0 aliphatic heterocycles. The predicted molar refractivity (Wildman–Crippen MR) is 80.4 cm³/mol. The van der Waals surface area contributed by atoms with Crippen LogP contribution in [-0.4, -0.2) is 0 Å². The lowest BCUT2D eigenvalue weighted by Gasteiger charge is -1.94. The zero-order chi connectivity index (χ0) is 12.7. The average molecular weight is 320 g/mol. The minimum Gasteiger partial charge on any atom is -0.289 e. The minimum absolute atomic E-state index is 0.00815. The summed E-state index contributed by atoms with van der Waals surface area (Å²) in [6.07, 6.45) is 0. The third-order valence-electron chi connectivity index (χ3n) is 2.99. The SMILES string of the molecule is O=c1c2cc(Br)ccc2ccc2c(Cl)cccc12. The zero-order valence-corrected chi connectivity index (χ0v) is 11.6. The highest BCUT2D eigenvalue weighted by Gasteiger charge is 2.04. The first-order valence-electron chi connectivity index (χ1n) is 5.47. The van der Waals surface area contributed by atoms with Crippen LogP contribution in [0.5, 0.6) is 0 Å². The molecule has 0 saturated heterocycles. The zero-order valence-electron chi connectivity index (χ0n) is 9.28. The van der Waals surface area contributed by atoms with E-state index in [2.05, 4.69) is 15.9 Å². The molecule has 0 saturated carbocycles. The van der Waals surface area contributed by atoms with Gasteiger partial charge < -0.3 is 0 Å². The van der Waals surface area contributed by atoms with Crippen molar-refractivity contribution in [2.75, 3.05) is 0 Å². The third kappa shape index (κ3) is 1.82. The van der Waals surface area contributed by atoms with Crippen LogP contribution in [0.3, 0.4) is 0 Å². The van der Waals surface area contributed by atoms with Gasteiger partial charge in [-0.05, 0) is 23.6 Å². The van der Waals surface area contributed by atoms with Gasteiger partial charge >= 0.3 is 0 Å². The number of halogens is 2. The van der Waals surface area contributed by atoms with Crippen molar-refractivity contribution in [3.8, 4) is 0 Å². The second kappa shape index (κ2) is 4.38. The predicted octanol–water partition coefficient (Wildman–Crippen LogP) is 4.77. The summed E-state index contributed by atoms with van der Waals surface area (Å²) in [6.45, 7) is 0. The number of rotatable bonds is 0. The molecule has 0 unspecified atom stereocenters. The summed E-state index contributed by atoms with van der Waals surface area (Å²) in [5, 5.41) is 3.65. The maximum absolute atomic E-state index is 12.5. The lowest BCUT2D eigenvalue weighted by molar-refractivity contribution is 1.71. The number of hydrogen-bond acceptors (Lipinski definition) is 1. The van der Waals surface area contributed by atoms with Crippen molar-refractivity contribution >= 4 is 49.1 Å². The first kappa shape index (κ1) is 11.7. The van der Waals surface area contributed by atoms with Gasteiger partial charge in [-0.3, -0.25) is 4.79 Å². The molecule has 0 aromatic heterocycles. The van der Waals surface area contributed by atoms with Gasteiger partial charge in [-0.2, -0.15) is 0 Å². The molecule has 3 aromatic carbocycles. The second-order valence-electron chi connectivity index (χ2n) is 4.10. The van der Waals surface area contributed by atoms with Crippen LogP contribution in [0.15, 0.2) is 57.8 Å². The molecular formula is C15H8BrClO. The van der Waals surface area contributed by atoms with Gasteiger partial charge in [-0.1, -0.05) is 57.9 Å². The van der Waals surface area contributed by atoms with Crippen molar-refractivity contribution in [1.82, 2.24) is 0 Å². The Labute approximate surface area is 117 Å². The largest absolute Gasteiger partial charge is 0.289 e. The minimum atomic E-state index is 0.00815. The fourth-order valence-electron chi connectivity index (χ4n) is 2.09. The van der Waals surface area contributed by atoms with E-state index >= 15 is 0 Å². The Morgan fingerprint density at radius 1 is 0.889 bits per heavy atom. The molecule has 0 aliphatic rings. The molecule has 0 fully saturated rings. The van der Waals surface area contributed by atoms with Crippen LogP contribution in [0.4, 0.5) is 0 Å². The highest BCUT2D eigenvalue weighted by atomic mass is 79.9. The van der Waals surface area contributed by atoms with Crippen molar-refractivity contribution < 1.29 is 0 Å². The Balaban J connectivity index is 2.66. The standard InChI is InChI=1S/C15H8BrClO/c16-10-6-4-9-5-7-11-12(2-1-3-14(11)17)15(18)13(9)8-10/h1-8H. The first-order chi connectivity index (χ1) is 8.66. The van der Waals surface area contributed by atoms with Crippen LogP contribution < -0.4 is 5.43 Å². The van der Waals surface area contributed by atoms with E-state index in [4.69, 9.17) is 11.6 Å². The van der Waals surface area contributed by atoms with E-state index in [0.717, 1.165) is 15.2 Å². The molecule has 3 heteroatoms. The molecule has 0 N–H and O–H groups in total. The van der Waals surface area contributed by atoms with Crippen molar-refractivity contribution in [3.05, 3.63) is 68.2 Å². The molecule has 3 rings (SSSR count). The molecule has 0 bridgehead atoms. The van der Waals surface area contributed by atoms with Crippen LogP contribution in [0.1, 0.15) is 0 Å². The number of benzene rings is 2. The molecule has 0 radical (unpaired) electrons. The molecule has 3 aromatic rings. The molecule has 0 atom stereocenters. The maximum atomic E-state index is 12.5. The highest BCUT2D eigenvalue weighted by molar-refractivity contribution is 9.10. The van der Waals surface area contributed by atoms with E-state index in [9.17, 15) is 4.79 Å². The van der Waals surface area contributed by atoms with Crippen LogP contribution in [-0.2, 0) is 0 Å². The van der Waals surface area contributed by atoms with Crippen molar-refractivity contribution in [2.24, 2.45) is 0 Å². The Bertz CT molecular complexity index is 820. The maximum Gasteiger partial charge on any atom is 0.194 e. The Morgan fingerprint density at radius 3 is 2.50 bits per heavy atom. The Morgan fingerprint density at radius 2 is 1.67 bits per heavy atom. The van der Waals surface area contributed by atoms with E-state index < -0.39 is 0 Å². The number of hydrogen-bond donors (Lipinski definition) is 0. The molecule has 0 heterocycles. The van der Waals surface area contributed by atoms with Gasteiger partial charge in [0.25, 0.3) is 0 Å². The smallest absolute Gasteiger partial charge is 0.194 e. The van der Waals surface area contributed by atoms with E-state index in [1.807, 2.05) is 36.4 Å². The van der Waals surface area contributed by atoms with Crippen molar-refractivity contribution in [2.45, 2.75) is 0 Å². The van der Waals surface area contributed by atoms with Crippen molar-refractivity contribution in [3.63, 3.8) is 0 Å². The van der Waals surface area contributed by atoms with Gasteiger partial charge in [-0.25, -0.2) is 0 Å². The fourth-order valence-corrected chi connectivity index (χ4v) is 2.69. The van der Waals surface area contributed by atoms with Gasteiger partial charge in [-0.15, -0.1) is 0 Å². The summed E-state index contributed by atoms with van der Waals surface area (Å²) in [5.74, 6) is 0. The summed E-state index contributed by atoms with van der Waals surface area (Å²) in [4.78, 5) is 12.5. The molecule has 88 valence electrons. The van der Waals surface area contributed by atoms with E-state index in [1.165, 1.54) is 0 Å². The average Bonchev–Trinajstić information content (AvgIpc) is 2.50. The summed E-state index contributed by atoms with van der Waals surface area (Å²) < 4.78 is 0.897. The highest BCUT2D eigenvalue weighted by Crippen LogP contribution is 2.23. The first-order valence-corrected chi connectivity index (χ1v) is 6.65. The summed E-state index contributed by atoms with van der Waals surface area (Å²) in [5.41, 5.74) is 0.00815. The van der Waals surface area contributed by atoms with Crippen LogP contribution in [0, 0.1) is 0 Å². The van der Waals surface area contributed by atoms with Gasteiger partial charge in [0.15, 0.2) is 5.43 Å². The van der Waals surface area contributed by atoms with Crippen molar-refractivity contribution in [1.29, 1.82) is 0 Å². The van der Waals surface area contributed by atoms with Gasteiger partial charge in [0.05, 0.1) is 0 Å². The normalized spacial score (nSPS) is 11.0. The molecule has 1 nitrogen and oxygen atoms in total. The van der Waals surface area contributed by atoms with E-state index in [0.29, 0.717) is 15.8 Å². The van der Waals surface area contributed by atoms with E-state index in [-0.39, 0.29) is 5.43 Å². The fraction of sp³-hybridized carbons (Fsp3) is 0. The molecule has 0 spiro atoms.